The maximum absolute atomic E-state index is 12.0. The highest BCUT2D eigenvalue weighted by Crippen LogP contribution is 2.16. The van der Waals surface area contributed by atoms with Crippen molar-refractivity contribution in [2.75, 3.05) is 11.9 Å². The molecule has 0 aliphatic carbocycles. The third-order valence-corrected chi connectivity index (χ3v) is 3.60. The Balaban J connectivity index is 1.54. The lowest BCUT2D eigenvalue weighted by molar-refractivity contribution is -0.119. The van der Waals surface area contributed by atoms with E-state index in [1.165, 1.54) is 0 Å². The Hall–Kier alpha value is -3.55. The molecule has 3 N–H and O–H groups in total. The summed E-state index contributed by atoms with van der Waals surface area (Å²) in [6, 6.07) is 11.4. The van der Waals surface area contributed by atoms with Crippen LogP contribution < -0.4 is 15.7 Å². The molecule has 1 amide bonds. The summed E-state index contributed by atoms with van der Waals surface area (Å²) in [7, 11) is 0. The Morgan fingerprint density at radius 1 is 1.04 bits per heavy atom. The number of hydrogen-bond acceptors (Lipinski definition) is 5. The minimum Gasteiger partial charge on any atom is -0.491 e. The number of amides is 1. The number of aromatic nitrogens is 2. The van der Waals surface area contributed by atoms with E-state index in [4.69, 9.17) is 9.47 Å². The van der Waals surface area contributed by atoms with Gasteiger partial charge in [0.15, 0.2) is 6.61 Å². The van der Waals surface area contributed by atoms with Crippen LogP contribution in [0.3, 0.4) is 0 Å². The second kappa shape index (κ2) is 7.77. The highest BCUT2D eigenvalue weighted by molar-refractivity contribution is 5.96. The van der Waals surface area contributed by atoms with Crippen molar-refractivity contribution in [3.8, 4) is 5.75 Å². The number of esters is 1. The first-order valence-electron chi connectivity index (χ1n) is 8.36. The first-order valence-corrected chi connectivity index (χ1v) is 8.36. The molecular weight excluding hydrogens is 350 g/mol. The predicted molar refractivity (Wildman–Crippen MR) is 100 cm³/mol. The van der Waals surface area contributed by atoms with Crippen LogP contribution in [-0.4, -0.2) is 34.6 Å². The van der Waals surface area contributed by atoms with Crippen molar-refractivity contribution in [3.05, 3.63) is 58.5 Å². The molecule has 0 saturated heterocycles. The lowest BCUT2D eigenvalue weighted by atomic mass is 10.2. The monoisotopic (exact) mass is 369 g/mol. The fourth-order valence-corrected chi connectivity index (χ4v) is 2.46. The average Bonchev–Trinajstić information content (AvgIpc) is 2.99. The van der Waals surface area contributed by atoms with Gasteiger partial charge in [-0.2, -0.15) is 0 Å². The minimum absolute atomic E-state index is 0.0369. The summed E-state index contributed by atoms with van der Waals surface area (Å²) in [5, 5.41) is 2.61. The van der Waals surface area contributed by atoms with Crippen molar-refractivity contribution < 1.29 is 19.1 Å². The number of imidazole rings is 1. The van der Waals surface area contributed by atoms with Crippen LogP contribution in [0.2, 0.25) is 0 Å². The summed E-state index contributed by atoms with van der Waals surface area (Å²) >= 11 is 0. The Kier molecular flexibility index (Phi) is 5.25. The first-order chi connectivity index (χ1) is 12.9. The smallest absolute Gasteiger partial charge is 0.338 e. The van der Waals surface area contributed by atoms with E-state index in [0.717, 1.165) is 0 Å². The molecule has 0 radical (unpaired) electrons. The Morgan fingerprint density at radius 2 is 1.74 bits per heavy atom. The molecule has 0 aliphatic rings. The standard InChI is InChI=1S/C19H19N3O5/c1-11(2)27-14-6-3-12(4-7-14)18(24)26-10-17(23)20-13-5-8-15-16(9-13)22-19(25)21-15/h3-9,11H,10H2,1-2H3,(H,20,23)(H2,21,22,25). The summed E-state index contributed by atoms with van der Waals surface area (Å²) in [6.45, 7) is 3.39. The quantitative estimate of drug-likeness (QED) is 0.578. The molecular formula is C19H19N3O5. The fraction of sp³-hybridized carbons (Fsp3) is 0.211. The van der Waals surface area contributed by atoms with E-state index in [1.807, 2.05) is 13.8 Å². The van der Waals surface area contributed by atoms with Gasteiger partial charge in [-0.3, -0.25) is 4.79 Å². The van der Waals surface area contributed by atoms with Gasteiger partial charge in [0.25, 0.3) is 5.91 Å². The molecule has 27 heavy (non-hydrogen) atoms. The van der Waals surface area contributed by atoms with Gasteiger partial charge in [0.1, 0.15) is 5.75 Å². The summed E-state index contributed by atoms with van der Waals surface area (Å²) in [4.78, 5) is 40.5. The molecule has 2 aromatic carbocycles. The lowest BCUT2D eigenvalue weighted by Crippen LogP contribution is -2.20. The molecule has 1 heterocycles. The maximum Gasteiger partial charge on any atom is 0.338 e. The number of H-pyrrole nitrogens is 2. The van der Waals surface area contributed by atoms with Crippen LogP contribution in [0.1, 0.15) is 24.2 Å². The number of hydrogen-bond donors (Lipinski definition) is 3. The van der Waals surface area contributed by atoms with E-state index in [2.05, 4.69) is 15.3 Å². The summed E-state index contributed by atoms with van der Waals surface area (Å²) < 4.78 is 10.5. The van der Waals surface area contributed by atoms with Crippen LogP contribution in [-0.2, 0) is 9.53 Å². The average molecular weight is 369 g/mol. The minimum atomic E-state index is -0.605. The summed E-state index contributed by atoms with van der Waals surface area (Å²) in [5.41, 5.74) is 1.68. The van der Waals surface area contributed by atoms with Crippen LogP contribution in [0, 0.1) is 0 Å². The SMILES string of the molecule is CC(C)Oc1ccc(C(=O)OCC(=O)Nc2ccc3[nH]c(=O)[nH]c3c2)cc1. The van der Waals surface area contributed by atoms with Gasteiger partial charge < -0.3 is 24.8 Å². The highest BCUT2D eigenvalue weighted by Gasteiger charge is 2.11. The van der Waals surface area contributed by atoms with E-state index in [0.29, 0.717) is 28.0 Å². The first kappa shape index (κ1) is 18.2. The fourth-order valence-electron chi connectivity index (χ4n) is 2.46. The third kappa shape index (κ3) is 4.75. The molecule has 0 aliphatic heterocycles. The Morgan fingerprint density at radius 3 is 2.44 bits per heavy atom. The Labute approximate surface area is 154 Å². The summed E-state index contributed by atoms with van der Waals surface area (Å²) in [6.07, 6.45) is 0.0369. The zero-order chi connectivity index (χ0) is 19.4. The number of rotatable bonds is 6. The van der Waals surface area contributed by atoms with Gasteiger partial charge in [-0.1, -0.05) is 0 Å². The lowest BCUT2D eigenvalue weighted by Gasteiger charge is -2.10. The predicted octanol–water partition coefficient (Wildman–Crippen LogP) is 2.44. The van der Waals surface area contributed by atoms with Crippen molar-refractivity contribution in [1.82, 2.24) is 9.97 Å². The molecule has 1 aromatic heterocycles. The second-order valence-corrected chi connectivity index (χ2v) is 6.15. The largest absolute Gasteiger partial charge is 0.491 e. The molecule has 8 nitrogen and oxygen atoms in total. The molecule has 0 atom stereocenters. The van der Waals surface area contributed by atoms with Crippen molar-refractivity contribution in [1.29, 1.82) is 0 Å². The molecule has 0 saturated carbocycles. The van der Waals surface area contributed by atoms with Crippen LogP contribution in [0.15, 0.2) is 47.3 Å². The van der Waals surface area contributed by atoms with Gasteiger partial charge in [-0.05, 0) is 56.3 Å². The van der Waals surface area contributed by atoms with Crippen LogP contribution in [0.25, 0.3) is 11.0 Å². The van der Waals surface area contributed by atoms with Crippen LogP contribution in [0.4, 0.5) is 5.69 Å². The number of aromatic amines is 2. The number of fused-ring (bicyclic) bond motifs is 1. The van der Waals surface area contributed by atoms with Crippen molar-refractivity contribution in [2.24, 2.45) is 0 Å². The maximum atomic E-state index is 12.0. The molecule has 140 valence electrons. The van der Waals surface area contributed by atoms with Gasteiger partial charge in [0, 0.05) is 5.69 Å². The molecule has 3 aromatic rings. The normalized spacial score (nSPS) is 10.8. The van der Waals surface area contributed by atoms with Crippen LogP contribution in [0.5, 0.6) is 5.75 Å². The number of anilines is 1. The second-order valence-electron chi connectivity index (χ2n) is 6.15. The zero-order valence-electron chi connectivity index (χ0n) is 14.9. The molecule has 0 fully saturated rings. The van der Waals surface area contributed by atoms with E-state index in [9.17, 15) is 14.4 Å². The number of benzene rings is 2. The van der Waals surface area contributed by atoms with Gasteiger partial charge in [0.2, 0.25) is 0 Å². The topological polar surface area (TPSA) is 113 Å². The molecule has 0 spiro atoms. The van der Waals surface area contributed by atoms with Crippen molar-refractivity contribution in [2.45, 2.75) is 20.0 Å². The summed E-state index contributed by atoms with van der Waals surface area (Å²) in [5.74, 6) is -0.440. The molecule has 0 unspecified atom stereocenters. The third-order valence-electron chi connectivity index (χ3n) is 3.60. The van der Waals surface area contributed by atoms with Crippen molar-refractivity contribution >= 4 is 28.6 Å². The van der Waals surface area contributed by atoms with Gasteiger partial charge in [0.05, 0.1) is 22.7 Å². The molecule has 3 rings (SSSR count). The number of carbonyl (C=O) groups is 2. The van der Waals surface area contributed by atoms with E-state index in [1.54, 1.807) is 42.5 Å². The van der Waals surface area contributed by atoms with E-state index in [-0.39, 0.29) is 11.8 Å². The number of carbonyl (C=O) groups excluding carboxylic acids is 2. The number of ether oxygens (including phenoxy) is 2. The zero-order valence-corrected chi connectivity index (χ0v) is 14.9. The van der Waals surface area contributed by atoms with Crippen molar-refractivity contribution in [3.63, 3.8) is 0 Å². The molecule has 8 heteroatoms. The van der Waals surface area contributed by atoms with E-state index >= 15 is 0 Å². The van der Waals surface area contributed by atoms with E-state index < -0.39 is 18.5 Å². The van der Waals surface area contributed by atoms with Gasteiger partial charge >= 0.3 is 11.7 Å². The molecule has 0 bridgehead atoms. The van der Waals surface area contributed by atoms with Gasteiger partial charge in [-0.25, -0.2) is 9.59 Å². The van der Waals surface area contributed by atoms with Crippen LogP contribution >= 0.6 is 0 Å². The highest BCUT2D eigenvalue weighted by atomic mass is 16.5. The number of nitrogens with one attached hydrogen (secondary N) is 3. The van der Waals surface area contributed by atoms with Gasteiger partial charge in [-0.15, -0.1) is 0 Å². The Bertz CT molecular complexity index is 1020.